The van der Waals surface area contributed by atoms with Crippen molar-refractivity contribution in [3.05, 3.63) is 17.5 Å². The zero-order chi connectivity index (χ0) is 9.97. The van der Waals surface area contributed by atoms with Crippen molar-refractivity contribution < 1.29 is 4.74 Å². The first kappa shape index (κ1) is 9.68. The molecule has 1 aliphatic heterocycles. The van der Waals surface area contributed by atoms with Crippen molar-refractivity contribution in [3.63, 3.8) is 0 Å². The van der Waals surface area contributed by atoms with E-state index in [0.29, 0.717) is 5.15 Å². The molecule has 1 aromatic rings. The van der Waals surface area contributed by atoms with Crippen LogP contribution in [0.1, 0.15) is 12.8 Å². The summed E-state index contributed by atoms with van der Waals surface area (Å²) in [5, 5.41) is 0.421. The second-order valence-corrected chi connectivity index (χ2v) is 3.61. The topological polar surface area (TPSA) is 38.2 Å². The molecule has 0 N–H and O–H groups in total. The van der Waals surface area contributed by atoms with Crippen LogP contribution in [0.3, 0.4) is 0 Å². The molecule has 2 heterocycles. The van der Waals surface area contributed by atoms with E-state index in [1.54, 1.807) is 13.3 Å². The van der Waals surface area contributed by atoms with E-state index in [4.69, 9.17) is 16.3 Å². The lowest BCUT2D eigenvalue weighted by Crippen LogP contribution is -2.31. The third kappa shape index (κ3) is 1.81. The van der Waals surface area contributed by atoms with Crippen LogP contribution in [-0.2, 0) is 4.74 Å². The van der Waals surface area contributed by atoms with Crippen LogP contribution >= 0.6 is 11.6 Å². The fraction of sp³-hybridized carbons (Fsp3) is 0.556. The molecule has 0 bridgehead atoms. The van der Waals surface area contributed by atoms with Crippen LogP contribution in [0, 0.1) is 0 Å². The Morgan fingerprint density at radius 1 is 1.57 bits per heavy atom. The van der Waals surface area contributed by atoms with E-state index in [1.807, 2.05) is 0 Å². The molecule has 0 radical (unpaired) electrons. The molecule has 1 aromatic heterocycles. The minimum absolute atomic E-state index is 0.114. The second-order valence-electron chi connectivity index (χ2n) is 3.23. The molecule has 76 valence electrons. The van der Waals surface area contributed by atoms with Crippen molar-refractivity contribution >= 4 is 17.4 Å². The van der Waals surface area contributed by atoms with Crippen molar-refractivity contribution in [2.24, 2.45) is 0 Å². The van der Waals surface area contributed by atoms with Gasteiger partial charge in [-0.1, -0.05) is 11.6 Å². The van der Waals surface area contributed by atoms with Gasteiger partial charge in [-0.3, -0.25) is 4.98 Å². The molecule has 1 aliphatic rings. The standard InChI is InChI=1S/C9H12ClN3O/c1-14-9-3-2-4-13(9)8-6-11-5-7(10)12-8/h5-6,9H,2-4H2,1H3. The zero-order valence-electron chi connectivity index (χ0n) is 7.98. The van der Waals surface area contributed by atoms with Crippen molar-refractivity contribution in [2.45, 2.75) is 19.1 Å². The average Bonchev–Trinajstić information content (AvgIpc) is 2.65. The lowest BCUT2D eigenvalue weighted by atomic mass is 10.4. The largest absolute Gasteiger partial charge is 0.362 e. The second kappa shape index (κ2) is 4.11. The maximum Gasteiger partial charge on any atom is 0.150 e. The summed E-state index contributed by atoms with van der Waals surface area (Å²) < 4.78 is 5.33. The quantitative estimate of drug-likeness (QED) is 0.750. The maximum atomic E-state index is 5.77. The lowest BCUT2D eigenvalue weighted by Gasteiger charge is -2.23. The van der Waals surface area contributed by atoms with E-state index in [2.05, 4.69) is 14.9 Å². The minimum Gasteiger partial charge on any atom is -0.362 e. The smallest absolute Gasteiger partial charge is 0.150 e. The van der Waals surface area contributed by atoms with Gasteiger partial charge in [0.2, 0.25) is 0 Å². The molecule has 1 saturated heterocycles. The van der Waals surface area contributed by atoms with Gasteiger partial charge in [0.25, 0.3) is 0 Å². The summed E-state index contributed by atoms with van der Waals surface area (Å²) in [6, 6.07) is 0. The lowest BCUT2D eigenvalue weighted by molar-refractivity contribution is 0.111. The van der Waals surface area contributed by atoms with E-state index in [-0.39, 0.29) is 6.23 Å². The average molecular weight is 214 g/mol. The Bertz CT molecular complexity index is 321. The summed E-state index contributed by atoms with van der Waals surface area (Å²) in [4.78, 5) is 10.3. The Hall–Kier alpha value is -0.870. The molecular formula is C9H12ClN3O. The summed E-state index contributed by atoms with van der Waals surface area (Å²) in [5.41, 5.74) is 0. The van der Waals surface area contributed by atoms with Gasteiger partial charge >= 0.3 is 0 Å². The first-order valence-corrected chi connectivity index (χ1v) is 4.96. The number of hydrogen-bond acceptors (Lipinski definition) is 4. The fourth-order valence-electron chi connectivity index (χ4n) is 1.71. The Labute approximate surface area is 87.9 Å². The normalized spacial score (nSPS) is 21.6. The van der Waals surface area contributed by atoms with Crippen molar-refractivity contribution in [1.82, 2.24) is 9.97 Å². The molecule has 0 amide bonds. The van der Waals surface area contributed by atoms with Crippen molar-refractivity contribution in [3.8, 4) is 0 Å². The van der Waals surface area contributed by atoms with E-state index >= 15 is 0 Å². The molecule has 2 rings (SSSR count). The highest BCUT2D eigenvalue weighted by molar-refractivity contribution is 6.29. The summed E-state index contributed by atoms with van der Waals surface area (Å²) in [7, 11) is 1.71. The Balaban J connectivity index is 2.21. The van der Waals surface area contributed by atoms with Gasteiger partial charge in [-0.2, -0.15) is 0 Å². The summed E-state index contributed by atoms with van der Waals surface area (Å²) >= 11 is 5.77. The highest BCUT2D eigenvalue weighted by Gasteiger charge is 2.25. The minimum atomic E-state index is 0.114. The summed E-state index contributed by atoms with van der Waals surface area (Å²) in [6.07, 6.45) is 5.51. The molecular weight excluding hydrogens is 202 g/mol. The molecule has 1 unspecified atom stereocenters. The molecule has 1 fully saturated rings. The fourth-order valence-corrected chi connectivity index (χ4v) is 1.86. The van der Waals surface area contributed by atoms with Crippen LogP contribution in [0.5, 0.6) is 0 Å². The Morgan fingerprint density at radius 3 is 3.14 bits per heavy atom. The van der Waals surface area contributed by atoms with Crippen molar-refractivity contribution in [2.75, 3.05) is 18.6 Å². The number of methoxy groups -OCH3 is 1. The summed E-state index contributed by atoms with van der Waals surface area (Å²) in [6.45, 7) is 0.952. The van der Waals surface area contributed by atoms with Crippen LogP contribution in [-0.4, -0.2) is 29.9 Å². The van der Waals surface area contributed by atoms with E-state index in [1.165, 1.54) is 6.20 Å². The summed E-state index contributed by atoms with van der Waals surface area (Å²) in [5.74, 6) is 0.793. The SMILES string of the molecule is COC1CCCN1c1cncc(Cl)n1. The van der Waals surface area contributed by atoms with Crippen molar-refractivity contribution in [1.29, 1.82) is 0 Å². The highest BCUT2D eigenvalue weighted by Crippen LogP contribution is 2.24. The molecule has 4 nitrogen and oxygen atoms in total. The molecule has 0 saturated carbocycles. The number of hydrogen-bond donors (Lipinski definition) is 0. The number of ether oxygens (including phenoxy) is 1. The van der Waals surface area contributed by atoms with Gasteiger partial charge in [0.15, 0.2) is 5.82 Å². The molecule has 0 spiro atoms. The number of nitrogens with zero attached hydrogens (tertiary/aromatic N) is 3. The van der Waals surface area contributed by atoms with Gasteiger partial charge in [0, 0.05) is 13.7 Å². The third-order valence-electron chi connectivity index (χ3n) is 2.36. The van der Waals surface area contributed by atoms with Crippen LogP contribution < -0.4 is 4.90 Å². The Morgan fingerprint density at radius 2 is 2.43 bits per heavy atom. The zero-order valence-corrected chi connectivity index (χ0v) is 8.74. The number of anilines is 1. The van der Waals surface area contributed by atoms with Gasteiger partial charge in [-0.05, 0) is 12.8 Å². The first-order chi connectivity index (χ1) is 6.81. The predicted octanol–water partition coefficient (Wildman–Crippen LogP) is 1.70. The van der Waals surface area contributed by atoms with Crippen LogP contribution in [0.2, 0.25) is 5.15 Å². The van der Waals surface area contributed by atoms with E-state index < -0.39 is 0 Å². The van der Waals surface area contributed by atoms with Gasteiger partial charge in [0.1, 0.15) is 11.4 Å². The van der Waals surface area contributed by atoms with Gasteiger partial charge in [-0.15, -0.1) is 0 Å². The first-order valence-electron chi connectivity index (χ1n) is 4.58. The number of rotatable bonds is 2. The highest BCUT2D eigenvalue weighted by atomic mass is 35.5. The van der Waals surface area contributed by atoms with Gasteiger partial charge in [0.05, 0.1) is 12.4 Å². The number of halogens is 1. The van der Waals surface area contributed by atoms with Crippen LogP contribution in [0.15, 0.2) is 12.4 Å². The van der Waals surface area contributed by atoms with Gasteiger partial charge in [-0.25, -0.2) is 4.98 Å². The molecule has 0 aromatic carbocycles. The monoisotopic (exact) mass is 213 g/mol. The number of aromatic nitrogens is 2. The van der Waals surface area contributed by atoms with Crippen LogP contribution in [0.25, 0.3) is 0 Å². The molecule has 1 atom stereocenters. The van der Waals surface area contributed by atoms with Gasteiger partial charge < -0.3 is 9.64 Å². The molecule has 5 heteroatoms. The Kier molecular flexibility index (Phi) is 2.84. The van der Waals surface area contributed by atoms with E-state index in [9.17, 15) is 0 Å². The molecule has 14 heavy (non-hydrogen) atoms. The third-order valence-corrected chi connectivity index (χ3v) is 2.54. The predicted molar refractivity (Wildman–Crippen MR) is 54.4 cm³/mol. The van der Waals surface area contributed by atoms with Crippen LogP contribution in [0.4, 0.5) is 5.82 Å². The van der Waals surface area contributed by atoms with E-state index in [0.717, 1.165) is 25.2 Å². The maximum absolute atomic E-state index is 5.77. The molecule has 0 aliphatic carbocycles.